The number of hydrogen-bond donors (Lipinski definition) is 0. The van der Waals surface area contributed by atoms with Gasteiger partial charge in [-0.2, -0.15) is 0 Å². The summed E-state index contributed by atoms with van der Waals surface area (Å²) in [6.45, 7) is 5.81. The maximum atomic E-state index is 5.62. The molecule has 0 saturated carbocycles. The van der Waals surface area contributed by atoms with E-state index in [4.69, 9.17) is 33.4 Å². The lowest BCUT2D eigenvalue weighted by Gasteiger charge is -2.40. The molecule has 6 rings (SSSR count). The lowest BCUT2D eigenvalue weighted by molar-refractivity contribution is 0.201. The summed E-state index contributed by atoms with van der Waals surface area (Å²) in [5.41, 5.74) is 8.83. The minimum Gasteiger partial charge on any atom is -0.493 e. The predicted molar refractivity (Wildman–Crippen MR) is 221 cm³/mol. The molecular formula is C43H51Cl2N3O6. The number of methoxy groups -OCH3 is 6. The van der Waals surface area contributed by atoms with Gasteiger partial charge in [-0.15, -0.1) is 24.8 Å². The second kappa shape index (κ2) is 19.5. The van der Waals surface area contributed by atoms with Crippen LogP contribution < -0.4 is 33.3 Å². The monoisotopic (exact) mass is 775 g/mol. The maximum Gasteiger partial charge on any atom is 0.203 e. The molecule has 2 heterocycles. The quantitative estimate of drug-likeness (QED) is 0.110. The molecule has 1 fully saturated rings. The van der Waals surface area contributed by atoms with Gasteiger partial charge in [-0.1, -0.05) is 35.9 Å². The van der Waals surface area contributed by atoms with E-state index in [1.807, 2.05) is 30.5 Å². The van der Waals surface area contributed by atoms with E-state index in [0.717, 1.165) is 61.4 Å². The normalized spacial score (nSPS) is 12.9. The number of piperidine rings is 1. The molecule has 4 aromatic carbocycles. The van der Waals surface area contributed by atoms with Gasteiger partial charge >= 0.3 is 0 Å². The van der Waals surface area contributed by atoms with E-state index in [1.165, 1.54) is 22.4 Å². The lowest BCUT2D eigenvalue weighted by Crippen LogP contribution is -2.44. The van der Waals surface area contributed by atoms with Crippen molar-refractivity contribution in [2.75, 3.05) is 60.6 Å². The first-order valence-corrected chi connectivity index (χ1v) is 17.6. The summed E-state index contributed by atoms with van der Waals surface area (Å²) in [5, 5.41) is 0. The summed E-state index contributed by atoms with van der Waals surface area (Å²) in [6.07, 6.45) is 4.01. The molecule has 0 N–H and O–H groups in total. The Hall–Kier alpha value is -4.83. The standard InChI is InChI=1S/C43H49N3O6.2ClH/c1-29-11-13-35(14-12-29)46(28-31-15-18-44-37(22-31)34-25-40(49-4)43(52-7)41(26-34)50-5)36-16-19-45(20-17-36)27-30-9-8-10-32(21-30)33-23-38(47-2)42(51-6)39(24-33)48-3;;/h8-15,18,21-26,36H,16-17,19-20,27-28H2,1-7H3;2*1H. The zero-order valence-corrected chi connectivity index (χ0v) is 33.7. The number of pyridine rings is 1. The van der Waals surface area contributed by atoms with Crippen molar-refractivity contribution >= 4 is 30.5 Å². The molecule has 0 atom stereocenters. The Bertz CT molecular complexity index is 1920. The van der Waals surface area contributed by atoms with Crippen molar-refractivity contribution in [3.63, 3.8) is 0 Å². The average molecular weight is 777 g/mol. The Balaban J connectivity index is 0.00000325. The minimum absolute atomic E-state index is 0. The van der Waals surface area contributed by atoms with Crippen molar-refractivity contribution in [3.05, 3.63) is 108 Å². The van der Waals surface area contributed by atoms with Crippen LogP contribution in [-0.4, -0.2) is 71.7 Å². The van der Waals surface area contributed by atoms with Crippen molar-refractivity contribution < 1.29 is 28.4 Å². The molecule has 1 aliphatic heterocycles. The summed E-state index contributed by atoms with van der Waals surface area (Å²) in [5.74, 6) is 3.65. The Labute approximate surface area is 331 Å². The summed E-state index contributed by atoms with van der Waals surface area (Å²) in [7, 11) is 9.79. The molecule has 11 heteroatoms. The third kappa shape index (κ3) is 9.45. The summed E-state index contributed by atoms with van der Waals surface area (Å²) >= 11 is 0. The number of hydrogen-bond acceptors (Lipinski definition) is 9. The van der Waals surface area contributed by atoms with Crippen molar-refractivity contribution in [1.82, 2.24) is 9.88 Å². The smallest absolute Gasteiger partial charge is 0.203 e. The number of benzene rings is 4. The number of aromatic nitrogens is 1. The molecule has 0 amide bonds. The van der Waals surface area contributed by atoms with Gasteiger partial charge in [0.1, 0.15) is 0 Å². The predicted octanol–water partition coefficient (Wildman–Crippen LogP) is 9.29. The highest BCUT2D eigenvalue weighted by Gasteiger charge is 2.26. The van der Waals surface area contributed by atoms with Crippen LogP contribution in [0.2, 0.25) is 0 Å². The summed E-state index contributed by atoms with van der Waals surface area (Å²) < 4.78 is 33.6. The van der Waals surface area contributed by atoms with E-state index in [2.05, 4.69) is 77.4 Å². The molecule has 1 aliphatic rings. The van der Waals surface area contributed by atoms with E-state index in [0.29, 0.717) is 40.5 Å². The Kier molecular flexibility index (Phi) is 15.1. The fourth-order valence-electron chi connectivity index (χ4n) is 7.07. The maximum absolute atomic E-state index is 5.62. The topological polar surface area (TPSA) is 74.8 Å². The second-order valence-electron chi connectivity index (χ2n) is 13.0. The first-order valence-electron chi connectivity index (χ1n) is 17.6. The van der Waals surface area contributed by atoms with Crippen LogP contribution in [0.4, 0.5) is 5.69 Å². The van der Waals surface area contributed by atoms with Crippen LogP contribution in [0, 0.1) is 6.92 Å². The van der Waals surface area contributed by atoms with E-state index >= 15 is 0 Å². The van der Waals surface area contributed by atoms with Crippen LogP contribution in [-0.2, 0) is 13.1 Å². The molecule has 0 bridgehead atoms. The fraction of sp³-hybridized carbons (Fsp3) is 0.326. The molecule has 9 nitrogen and oxygen atoms in total. The summed E-state index contributed by atoms with van der Waals surface area (Å²) in [6, 6.07) is 30.2. The number of anilines is 1. The van der Waals surface area contributed by atoms with E-state index < -0.39 is 0 Å². The van der Waals surface area contributed by atoms with E-state index in [9.17, 15) is 0 Å². The largest absolute Gasteiger partial charge is 0.493 e. The first kappa shape index (κ1) is 41.9. The number of ether oxygens (including phenoxy) is 6. The Morgan fingerprint density at radius 2 is 1.17 bits per heavy atom. The van der Waals surface area contributed by atoms with Crippen LogP contribution in [0.3, 0.4) is 0 Å². The van der Waals surface area contributed by atoms with E-state index in [-0.39, 0.29) is 24.8 Å². The SMILES string of the molecule is COc1cc(-c2cccc(CN3CCC(N(Cc4ccnc(-c5cc(OC)c(OC)c(OC)c5)c4)c4ccc(C)cc4)CC3)c2)cc(OC)c1OC.Cl.Cl. The van der Waals surface area contributed by atoms with Crippen molar-refractivity contribution in [2.45, 2.75) is 38.9 Å². The molecule has 54 heavy (non-hydrogen) atoms. The fourth-order valence-corrected chi connectivity index (χ4v) is 7.07. The first-order chi connectivity index (χ1) is 25.4. The summed E-state index contributed by atoms with van der Waals surface area (Å²) in [4.78, 5) is 9.85. The third-order valence-corrected chi connectivity index (χ3v) is 9.83. The van der Waals surface area contributed by atoms with Gasteiger partial charge in [-0.3, -0.25) is 9.88 Å². The zero-order chi connectivity index (χ0) is 36.6. The van der Waals surface area contributed by atoms with Crippen LogP contribution in [0.1, 0.15) is 29.5 Å². The third-order valence-electron chi connectivity index (χ3n) is 9.83. The Morgan fingerprint density at radius 1 is 0.611 bits per heavy atom. The van der Waals surface area contributed by atoms with Gasteiger partial charge in [-0.05, 0) is 96.6 Å². The number of rotatable bonds is 14. The van der Waals surface area contributed by atoms with Crippen LogP contribution in [0.25, 0.3) is 22.4 Å². The molecule has 288 valence electrons. The highest BCUT2D eigenvalue weighted by molar-refractivity contribution is 5.85. The lowest BCUT2D eigenvalue weighted by atomic mass is 9.99. The second-order valence-corrected chi connectivity index (χ2v) is 13.0. The number of aryl methyl sites for hydroxylation is 1. The van der Waals surface area contributed by atoms with Crippen molar-refractivity contribution in [2.24, 2.45) is 0 Å². The number of likely N-dealkylation sites (tertiary alicyclic amines) is 1. The highest BCUT2D eigenvalue weighted by Crippen LogP contribution is 2.42. The molecule has 0 spiro atoms. The zero-order valence-electron chi connectivity index (χ0n) is 32.1. The minimum atomic E-state index is 0. The molecule has 0 radical (unpaired) electrons. The van der Waals surface area contributed by atoms with Gasteiger partial charge in [0.25, 0.3) is 0 Å². The van der Waals surface area contributed by atoms with Gasteiger partial charge in [0.15, 0.2) is 23.0 Å². The van der Waals surface area contributed by atoms with Gasteiger partial charge < -0.3 is 33.3 Å². The van der Waals surface area contributed by atoms with Gasteiger partial charge in [0.05, 0.1) is 48.4 Å². The van der Waals surface area contributed by atoms with Gasteiger partial charge in [0, 0.05) is 49.7 Å². The number of halogens is 2. The molecule has 0 aliphatic carbocycles. The van der Waals surface area contributed by atoms with Crippen molar-refractivity contribution in [3.8, 4) is 56.9 Å². The molecule has 1 aromatic heterocycles. The molecule has 0 unspecified atom stereocenters. The average Bonchev–Trinajstić information content (AvgIpc) is 3.19. The Morgan fingerprint density at radius 3 is 1.70 bits per heavy atom. The van der Waals surface area contributed by atoms with Gasteiger partial charge in [0.2, 0.25) is 11.5 Å². The highest BCUT2D eigenvalue weighted by atomic mass is 35.5. The number of nitrogens with zero attached hydrogens (tertiary/aromatic N) is 3. The molecule has 1 saturated heterocycles. The van der Waals surface area contributed by atoms with Crippen molar-refractivity contribution in [1.29, 1.82) is 0 Å². The van der Waals surface area contributed by atoms with E-state index in [1.54, 1.807) is 42.7 Å². The van der Waals surface area contributed by atoms with Gasteiger partial charge in [-0.25, -0.2) is 0 Å². The van der Waals surface area contributed by atoms with Crippen LogP contribution >= 0.6 is 24.8 Å². The van der Waals surface area contributed by atoms with Crippen LogP contribution in [0.15, 0.2) is 91.1 Å². The molecular weight excluding hydrogens is 725 g/mol. The van der Waals surface area contributed by atoms with Crippen LogP contribution in [0.5, 0.6) is 34.5 Å². The molecule has 5 aromatic rings.